The van der Waals surface area contributed by atoms with Gasteiger partial charge in [-0.05, 0) is 176 Å². The summed E-state index contributed by atoms with van der Waals surface area (Å²) in [5.41, 5.74) is -2.07. The predicted octanol–water partition coefficient (Wildman–Crippen LogP) is 17.4. The van der Waals surface area contributed by atoms with Gasteiger partial charge in [0, 0.05) is 30.8 Å². The first kappa shape index (κ1) is 75.8. The monoisotopic (exact) mass is 1250 g/mol. The number of carbonyl (C=O) groups is 1. The molecule has 4 aliphatic carbocycles. The third kappa shape index (κ3) is 20.8. The number of carbonyl (C=O) groups excluding carboxylic acids is 1. The van der Waals surface area contributed by atoms with Crippen molar-refractivity contribution >= 4 is 24.2 Å². The molecule has 0 radical (unpaired) electrons. The molecule has 12 nitrogen and oxygen atoms in total. The van der Waals surface area contributed by atoms with Crippen molar-refractivity contribution in [2.24, 2.45) is 29.1 Å². The number of aliphatic hydroxyl groups is 2. The van der Waals surface area contributed by atoms with Gasteiger partial charge in [-0.1, -0.05) is 127 Å². The zero-order valence-corrected chi connectivity index (χ0v) is 52.8. The van der Waals surface area contributed by atoms with Gasteiger partial charge in [-0.25, -0.2) is 0 Å². The second-order valence-electron chi connectivity index (χ2n) is 23.6. The minimum Gasteiger partial charge on any atom is -0.508 e. The van der Waals surface area contributed by atoms with Gasteiger partial charge >= 0.3 is 18.3 Å². The second kappa shape index (κ2) is 32.9. The van der Waals surface area contributed by atoms with Crippen molar-refractivity contribution in [3.63, 3.8) is 0 Å². The number of rotatable bonds is 18. The molecule has 4 saturated carbocycles. The van der Waals surface area contributed by atoms with Crippen LogP contribution in [0.4, 0.5) is 26.3 Å². The Labute approximate surface area is 522 Å². The number of nitrogens with zero attached hydrogens (tertiary/aromatic N) is 1. The fraction of sp³-hybridized carbons (Fsp3) is 0.465. The summed E-state index contributed by atoms with van der Waals surface area (Å²) in [6.45, 7) is 43.7. The smallest absolute Gasteiger partial charge is 0.417 e. The van der Waals surface area contributed by atoms with Crippen LogP contribution in [0.3, 0.4) is 0 Å². The van der Waals surface area contributed by atoms with Gasteiger partial charge in [0.15, 0.2) is 22.9 Å². The van der Waals surface area contributed by atoms with E-state index in [4.69, 9.17) is 38.6 Å². The molecule has 1 aliphatic heterocycles. The molecule has 0 amide bonds. The molecule has 5 fully saturated rings. The molecule has 1 saturated heterocycles. The lowest BCUT2D eigenvalue weighted by Crippen LogP contribution is -2.57. The van der Waals surface area contributed by atoms with E-state index in [1.165, 1.54) is 39.0 Å². The Kier molecular flexibility index (Phi) is 28.0. The van der Waals surface area contributed by atoms with Crippen LogP contribution in [-0.4, -0.2) is 87.3 Å². The summed E-state index contributed by atoms with van der Waals surface area (Å²) in [7, 11) is 1.61. The van der Waals surface area contributed by atoms with Crippen LogP contribution in [0.2, 0.25) is 0 Å². The molecule has 5 aliphatic rings. The topological polar surface area (TPSA) is 177 Å². The predicted molar refractivity (Wildman–Crippen MR) is 337 cm³/mol. The third-order valence-electron chi connectivity index (χ3n) is 16.9. The molecular formula is C71H91F6NO11. The average Bonchev–Trinajstić information content (AvgIpc) is 1.55. The number of phenols is 2. The molecule has 4 N–H and O–H groups in total. The summed E-state index contributed by atoms with van der Waals surface area (Å²) in [6.07, 6.45) is 0.881. The number of benzene rings is 3. The van der Waals surface area contributed by atoms with E-state index in [0.717, 1.165) is 52.2 Å². The van der Waals surface area contributed by atoms with Crippen LogP contribution in [0.15, 0.2) is 166 Å². The Morgan fingerprint density at radius 2 is 1.10 bits per heavy atom. The fourth-order valence-corrected chi connectivity index (χ4v) is 10.8. The molecule has 2 bridgehead atoms. The number of allylic oxidation sites excluding steroid dienone is 3. The van der Waals surface area contributed by atoms with Crippen LogP contribution in [0.5, 0.6) is 17.2 Å². The van der Waals surface area contributed by atoms with E-state index in [0.29, 0.717) is 43.1 Å². The summed E-state index contributed by atoms with van der Waals surface area (Å²) in [5, 5.41) is 46.8. The van der Waals surface area contributed by atoms with Crippen LogP contribution >= 0.6 is 0 Å². The van der Waals surface area contributed by atoms with E-state index in [-0.39, 0.29) is 60.5 Å². The Morgan fingerprint density at radius 3 is 1.47 bits per heavy atom. The van der Waals surface area contributed by atoms with Crippen molar-refractivity contribution in [3.8, 4) is 23.3 Å². The van der Waals surface area contributed by atoms with Crippen molar-refractivity contribution in [1.29, 1.82) is 5.26 Å². The SMILES string of the molecule is C=C(C)C(=C)OC1(CC)CCCCC1.C=C(C)C(=C)OC1C2CC3C1OC(=O)C3(C#N)C2.C=C(C)C(=C)OC1CC(C(C)(O)C(F)(F)F)CC(C(C)(O)C(F)(F)F)C1.C=Cc1ccc(O)cc1.C=Cc1ccc(O)cc1.C=Cc1ccc(OC(C)OC)cc1. The number of aromatic hydroxyl groups is 2. The Morgan fingerprint density at radius 1 is 0.685 bits per heavy atom. The molecule has 3 aromatic rings. The molecule has 0 spiro atoms. The van der Waals surface area contributed by atoms with E-state index < -0.39 is 53.3 Å². The van der Waals surface area contributed by atoms with Crippen LogP contribution in [-0.2, 0) is 28.5 Å². The molecule has 10 unspecified atom stereocenters. The number of esters is 1. The first-order chi connectivity index (χ1) is 41.4. The van der Waals surface area contributed by atoms with E-state index >= 15 is 0 Å². The normalized spacial score (nSPS) is 24.1. The maximum atomic E-state index is 13.2. The van der Waals surface area contributed by atoms with E-state index in [1.807, 2.05) is 69.3 Å². The number of nitriles is 1. The molecule has 8 rings (SSSR count). The van der Waals surface area contributed by atoms with Gasteiger partial charge in [0.05, 0.1) is 12.2 Å². The third-order valence-corrected chi connectivity index (χ3v) is 16.9. The summed E-state index contributed by atoms with van der Waals surface area (Å²) >= 11 is 0. The van der Waals surface area contributed by atoms with Gasteiger partial charge in [-0.3, -0.25) is 4.79 Å². The van der Waals surface area contributed by atoms with E-state index in [9.17, 15) is 46.6 Å². The molecule has 0 aromatic heterocycles. The summed E-state index contributed by atoms with van der Waals surface area (Å²) < 4.78 is 112. The summed E-state index contributed by atoms with van der Waals surface area (Å²) in [4.78, 5) is 11.9. The van der Waals surface area contributed by atoms with Crippen LogP contribution < -0.4 is 4.74 Å². The molecule has 10 atom stereocenters. The van der Waals surface area contributed by atoms with Gasteiger partial charge in [-0.15, -0.1) is 0 Å². The second-order valence-corrected chi connectivity index (χ2v) is 23.6. The van der Waals surface area contributed by atoms with Gasteiger partial charge in [0.25, 0.3) is 0 Å². The van der Waals surface area contributed by atoms with E-state index in [2.05, 4.69) is 72.2 Å². The number of hydrogen-bond acceptors (Lipinski definition) is 12. The number of alkyl halides is 6. The van der Waals surface area contributed by atoms with Crippen molar-refractivity contribution in [1.82, 2.24) is 0 Å². The van der Waals surface area contributed by atoms with Gasteiger partial charge < -0.3 is 48.8 Å². The molecular weight excluding hydrogens is 1160 g/mol. The largest absolute Gasteiger partial charge is 0.508 e. The molecule has 1 heterocycles. The first-order valence-electron chi connectivity index (χ1n) is 29.4. The molecule has 89 heavy (non-hydrogen) atoms. The number of hydrogen-bond donors (Lipinski definition) is 4. The lowest BCUT2D eigenvalue weighted by Gasteiger charge is -2.46. The summed E-state index contributed by atoms with van der Waals surface area (Å²) in [6, 6.07) is 23.6. The Balaban J connectivity index is 0.000000291. The Hall–Kier alpha value is -7.46. The molecule has 18 heteroatoms. The lowest BCUT2D eigenvalue weighted by atomic mass is 9.67. The van der Waals surface area contributed by atoms with Gasteiger partial charge in [0.1, 0.15) is 52.3 Å². The highest BCUT2D eigenvalue weighted by atomic mass is 19.4. The van der Waals surface area contributed by atoms with Crippen molar-refractivity contribution in [2.75, 3.05) is 7.11 Å². The van der Waals surface area contributed by atoms with Crippen molar-refractivity contribution < 1.29 is 80.0 Å². The standard InChI is InChI=1S/C17H24F6O3.C14H15NO3.C13H22O.C11H14O2.2C8H8O/c1-9(2)10(3)26-13-7-11(14(4,24)16(18,19)20)6-12(8-13)15(5,25)17(21,22)23;1-7(2)8(3)17-11-9-4-10-12(11)18-13(16)14(10,5-9)6-15;1-5-13(9-7-6-8-10-13)14-12(4)11(2)3;1-4-10-5-7-11(8-6-10)13-9(2)12-3;2*1-2-7-3-5-8(9)6-4-7/h11-13,24-25H,1,3,6-8H2,2,4-5H3;9-12H,1,3-5H2,2H3;2,4-10H2,1,3H3;4-9H,1H2,2-3H3;2*2-6,9H,1H2. The number of halogens is 6. The minimum absolute atomic E-state index is 0.0112. The van der Waals surface area contributed by atoms with Crippen LogP contribution in [0.1, 0.15) is 136 Å². The van der Waals surface area contributed by atoms with Crippen molar-refractivity contribution in [3.05, 3.63) is 183 Å². The lowest BCUT2D eigenvalue weighted by molar-refractivity contribution is -0.299. The Bertz CT molecular complexity index is 2870. The number of methoxy groups -OCH3 is 1. The quantitative estimate of drug-likeness (QED) is 0.0312. The zero-order chi connectivity index (χ0) is 67.5. The highest BCUT2D eigenvalue weighted by Gasteiger charge is 2.72. The fourth-order valence-electron chi connectivity index (χ4n) is 10.8. The van der Waals surface area contributed by atoms with Gasteiger partial charge in [-0.2, -0.15) is 31.6 Å². The van der Waals surface area contributed by atoms with Crippen LogP contribution in [0, 0.1) is 40.4 Å². The maximum absolute atomic E-state index is 13.2. The first-order valence-corrected chi connectivity index (χ1v) is 29.4. The zero-order valence-electron chi connectivity index (χ0n) is 52.8. The van der Waals surface area contributed by atoms with Gasteiger partial charge in [0.2, 0.25) is 0 Å². The molecule has 3 aromatic carbocycles. The number of phenolic OH excluding ortho intramolecular Hbond substituents is 2. The highest BCUT2D eigenvalue weighted by molar-refractivity contribution is 5.84. The minimum atomic E-state index is -5.04. The van der Waals surface area contributed by atoms with Crippen LogP contribution in [0.25, 0.3) is 18.2 Å². The van der Waals surface area contributed by atoms with E-state index in [1.54, 1.807) is 49.6 Å². The summed E-state index contributed by atoms with van der Waals surface area (Å²) in [5.74, 6) is -0.601. The average molecular weight is 1250 g/mol. The van der Waals surface area contributed by atoms with Crippen molar-refractivity contribution in [2.45, 2.75) is 173 Å². The number of ether oxygens (including phenoxy) is 6. The number of fused-ring (bicyclic) bond motifs is 1. The highest BCUT2D eigenvalue weighted by Crippen LogP contribution is 2.62. The molecule has 488 valence electrons. The maximum Gasteiger partial charge on any atom is 0.417 e.